The summed E-state index contributed by atoms with van der Waals surface area (Å²) in [6, 6.07) is 2.64. The van der Waals surface area contributed by atoms with Gasteiger partial charge in [-0.1, -0.05) is 34.1 Å². The van der Waals surface area contributed by atoms with Gasteiger partial charge in [0.1, 0.15) is 0 Å². The van der Waals surface area contributed by atoms with Crippen LogP contribution in [-0.4, -0.2) is 15.3 Å². The summed E-state index contributed by atoms with van der Waals surface area (Å²) in [6.07, 6.45) is 7.87. The summed E-state index contributed by atoms with van der Waals surface area (Å²) in [4.78, 5) is 0. The molecular weight excluding hydrogens is 258 g/mol. The molecule has 0 radical (unpaired) electrons. The molecule has 4 unspecified atom stereocenters. The minimum absolute atomic E-state index is 0.0829. The first-order chi connectivity index (χ1) is 9.85. The van der Waals surface area contributed by atoms with Gasteiger partial charge in [0.2, 0.25) is 0 Å². The van der Waals surface area contributed by atoms with E-state index in [0.29, 0.717) is 17.9 Å². The van der Waals surface area contributed by atoms with E-state index in [1.54, 1.807) is 0 Å². The average molecular weight is 291 g/mol. The molecule has 0 amide bonds. The highest BCUT2D eigenvalue weighted by Gasteiger charge is 2.41. The summed E-state index contributed by atoms with van der Waals surface area (Å²) >= 11 is 0. The fraction of sp³-hybridized carbons (Fsp3) is 0.833. The van der Waals surface area contributed by atoms with Crippen LogP contribution in [-0.2, 0) is 6.42 Å². The molecule has 120 valence electrons. The molecule has 2 rings (SSSR count). The first kappa shape index (κ1) is 16.5. The van der Waals surface area contributed by atoms with Crippen molar-refractivity contribution < 1.29 is 0 Å². The molecule has 3 heteroatoms. The Balaban J connectivity index is 2.15. The van der Waals surface area contributed by atoms with Gasteiger partial charge < -0.3 is 5.73 Å². The molecule has 1 saturated carbocycles. The number of hydrogen-bond acceptors (Lipinski definition) is 2. The molecule has 1 aliphatic carbocycles. The minimum Gasteiger partial charge on any atom is -0.324 e. The largest absolute Gasteiger partial charge is 0.324 e. The Labute approximate surface area is 130 Å². The number of nitrogens with zero attached hydrogens (tertiary/aromatic N) is 2. The minimum atomic E-state index is -0.0829. The van der Waals surface area contributed by atoms with Crippen LogP contribution < -0.4 is 5.73 Å². The van der Waals surface area contributed by atoms with Crippen molar-refractivity contribution >= 4 is 0 Å². The molecule has 3 nitrogen and oxygen atoms in total. The molecule has 1 aliphatic rings. The number of hydrogen-bond donors (Lipinski definition) is 1. The molecule has 21 heavy (non-hydrogen) atoms. The molecule has 1 heterocycles. The monoisotopic (exact) mass is 291 g/mol. The van der Waals surface area contributed by atoms with Gasteiger partial charge in [-0.05, 0) is 50.0 Å². The van der Waals surface area contributed by atoms with Crippen molar-refractivity contribution in [1.82, 2.24) is 9.78 Å². The quantitative estimate of drug-likeness (QED) is 0.884. The van der Waals surface area contributed by atoms with Crippen molar-refractivity contribution in [1.29, 1.82) is 0 Å². The SMILES string of the molecule is CCC(C)n1ccc(CC2(N)CC(C)CCC2C(C)C)n1. The topological polar surface area (TPSA) is 43.8 Å². The summed E-state index contributed by atoms with van der Waals surface area (Å²) in [5, 5.41) is 4.78. The maximum absolute atomic E-state index is 6.90. The van der Waals surface area contributed by atoms with E-state index in [4.69, 9.17) is 10.8 Å². The Morgan fingerprint density at radius 3 is 2.71 bits per heavy atom. The lowest BCUT2D eigenvalue weighted by molar-refractivity contribution is 0.108. The molecule has 0 saturated heterocycles. The van der Waals surface area contributed by atoms with Gasteiger partial charge in [-0.15, -0.1) is 0 Å². The standard InChI is InChI=1S/C18H33N3/c1-6-15(5)21-10-9-16(20-21)12-18(19)11-14(4)7-8-17(18)13(2)3/h9-10,13-15,17H,6-8,11-12,19H2,1-5H3. The third-order valence-electron chi connectivity index (χ3n) is 5.46. The van der Waals surface area contributed by atoms with Crippen LogP contribution in [0.3, 0.4) is 0 Å². The van der Waals surface area contributed by atoms with Crippen LogP contribution in [0.1, 0.15) is 72.0 Å². The Bertz CT molecular complexity index is 451. The first-order valence-electron chi connectivity index (χ1n) is 8.68. The Hall–Kier alpha value is -0.830. The van der Waals surface area contributed by atoms with Gasteiger partial charge in [-0.25, -0.2) is 0 Å². The summed E-state index contributed by atoms with van der Waals surface area (Å²) in [6.45, 7) is 11.4. The van der Waals surface area contributed by atoms with Gasteiger partial charge >= 0.3 is 0 Å². The maximum Gasteiger partial charge on any atom is 0.0643 e. The van der Waals surface area contributed by atoms with E-state index in [0.717, 1.165) is 30.9 Å². The molecule has 1 aromatic rings. The highest BCUT2D eigenvalue weighted by atomic mass is 15.3. The van der Waals surface area contributed by atoms with Gasteiger partial charge in [-0.2, -0.15) is 5.10 Å². The van der Waals surface area contributed by atoms with Crippen LogP contribution in [0.2, 0.25) is 0 Å². The Morgan fingerprint density at radius 1 is 1.38 bits per heavy atom. The zero-order valence-electron chi connectivity index (χ0n) is 14.5. The maximum atomic E-state index is 6.90. The molecule has 1 fully saturated rings. The molecule has 0 spiro atoms. The second kappa shape index (κ2) is 6.51. The van der Waals surface area contributed by atoms with Gasteiger partial charge in [-0.3, -0.25) is 4.68 Å². The van der Waals surface area contributed by atoms with E-state index in [2.05, 4.69) is 51.6 Å². The highest BCUT2D eigenvalue weighted by Crippen LogP contribution is 2.41. The van der Waals surface area contributed by atoms with E-state index in [1.165, 1.54) is 12.8 Å². The molecule has 0 bridgehead atoms. The van der Waals surface area contributed by atoms with Crippen LogP contribution in [0.4, 0.5) is 0 Å². The van der Waals surface area contributed by atoms with Crippen molar-refractivity contribution in [2.75, 3.05) is 0 Å². The fourth-order valence-electron chi connectivity index (χ4n) is 4.10. The molecule has 2 N–H and O–H groups in total. The predicted octanol–water partition coefficient (Wildman–Crippen LogP) is 4.19. The smallest absolute Gasteiger partial charge is 0.0643 e. The van der Waals surface area contributed by atoms with Crippen molar-refractivity contribution in [3.8, 4) is 0 Å². The van der Waals surface area contributed by atoms with Crippen LogP contribution in [0.25, 0.3) is 0 Å². The molecule has 4 atom stereocenters. The third kappa shape index (κ3) is 3.68. The lowest BCUT2D eigenvalue weighted by atomic mass is 9.64. The highest BCUT2D eigenvalue weighted by molar-refractivity contribution is 5.10. The summed E-state index contributed by atoms with van der Waals surface area (Å²) < 4.78 is 2.09. The fourth-order valence-corrected chi connectivity index (χ4v) is 4.10. The number of rotatable bonds is 5. The zero-order valence-corrected chi connectivity index (χ0v) is 14.5. The molecule has 0 aliphatic heterocycles. The van der Waals surface area contributed by atoms with Crippen LogP contribution in [0.15, 0.2) is 12.3 Å². The summed E-state index contributed by atoms with van der Waals surface area (Å²) in [7, 11) is 0. The van der Waals surface area contributed by atoms with Crippen LogP contribution in [0, 0.1) is 17.8 Å². The van der Waals surface area contributed by atoms with Crippen LogP contribution in [0.5, 0.6) is 0 Å². The van der Waals surface area contributed by atoms with E-state index in [-0.39, 0.29) is 5.54 Å². The third-order valence-corrected chi connectivity index (χ3v) is 5.46. The second-order valence-corrected chi connectivity index (χ2v) is 7.69. The number of aromatic nitrogens is 2. The van der Waals surface area contributed by atoms with Crippen molar-refractivity contribution in [2.45, 2.75) is 78.3 Å². The van der Waals surface area contributed by atoms with Gasteiger partial charge in [0.15, 0.2) is 0 Å². The van der Waals surface area contributed by atoms with Crippen molar-refractivity contribution in [3.05, 3.63) is 18.0 Å². The zero-order chi connectivity index (χ0) is 15.6. The lowest BCUT2D eigenvalue weighted by Crippen LogP contribution is -2.54. The second-order valence-electron chi connectivity index (χ2n) is 7.69. The van der Waals surface area contributed by atoms with E-state index < -0.39 is 0 Å². The van der Waals surface area contributed by atoms with Gasteiger partial charge in [0, 0.05) is 24.2 Å². The van der Waals surface area contributed by atoms with Gasteiger partial charge in [0.05, 0.1) is 5.69 Å². The van der Waals surface area contributed by atoms with E-state index >= 15 is 0 Å². The normalized spacial score (nSPS) is 31.6. The summed E-state index contributed by atoms with van der Waals surface area (Å²) in [5.41, 5.74) is 7.98. The Morgan fingerprint density at radius 2 is 2.10 bits per heavy atom. The first-order valence-corrected chi connectivity index (χ1v) is 8.68. The average Bonchev–Trinajstić information content (AvgIpc) is 2.84. The molecule has 0 aromatic carbocycles. The Kier molecular flexibility index (Phi) is 5.13. The number of nitrogens with two attached hydrogens (primary N) is 1. The molecular formula is C18H33N3. The van der Waals surface area contributed by atoms with E-state index in [9.17, 15) is 0 Å². The van der Waals surface area contributed by atoms with Crippen molar-refractivity contribution in [2.24, 2.45) is 23.5 Å². The van der Waals surface area contributed by atoms with Crippen LogP contribution >= 0.6 is 0 Å². The van der Waals surface area contributed by atoms with Gasteiger partial charge in [0.25, 0.3) is 0 Å². The van der Waals surface area contributed by atoms with Crippen molar-refractivity contribution in [3.63, 3.8) is 0 Å². The lowest BCUT2D eigenvalue weighted by Gasteiger charge is -2.45. The van der Waals surface area contributed by atoms with E-state index in [1.807, 2.05) is 0 Å². The predicted molar refractivity (Wildman–Crippen MR) is 89.2 cm³/mol. The summed E-state index contributed by atoms with van der Waals surface area (Å²) in [5.74, 6) is 2.00. The molecule has 1 aromatic heterocycles.